The smallest absolute Gasteiger partial charge is 0.405 e. The van der Waals surface area contributed by atoms with E-state index >= 15 is 0 Å². The van der Waals surface area contributed by atoms with Crippen molar-refractivity contribution in [3.8, 4) is 11.6 Å². The van der Waals surface area contributed by atoms with Gasteiger partial charge >= 0.3 is 6.09 Å². The number of hydrogen-bond acceptors (Lipinski definition) is 10. The summed E-state index contributed by atoms with van der Waals surface area (Å²) in [4.78, 5) is 63.7. The topological polar surface area (TPSA) is 197 Å². The number of rotatable bonds is 22. The van der Waals surface area contributed by atoms with Gasteiger partial charge in [0.05, 0.1) is 29.0 Å². The van der Waals surface area contributed by atoms with Gasteiger partial charge in [-0.3, -0.25) is 24.0 Å². The minimum Gasteiger partial charge on any atom is -0.492 e. The number of carboxylic acid groups (broad SMARTS) is 1. The Morgan fingerprint density at radius 2 is 1.77 bits per heavy atom. The molecule has 2 bridgehead atoms. The summed E-state index contributed by atoms with van der Waals surface area (Å²) in [5.74, 6) is -0.221. The second kappa shape index (κ2) is 19.6. The summed E-state index contributed by atoms with van der Waals surface area (Å²) >= 11 is 0. The molecule has 3 saturated carbocycles. The van der Waals surface area contributed by atoms with Gasteiger partial charge in [0.2, 0.25) is 27.7 Å². The van der Waals surface area contributed by atoms with E-state index in [1.54, 1.807) is 34.6 Å². The summed E-state index contributed by atoms with van der Waals surface area (Å²) in [6, 6.07) is 4.69. The average molecular weight is 907 g/mol. The van der Waals surface area contributed by atoms with Crippen LogP contribution in [0.3, 0.4) is 0 Å². The number of fused-ring (bicyclic) bond motifs is 3. The molecule has 5 fully saturated rings. The number of piperidine rings is 1. The molecule has 7 rings (SSSR count). The first-order valence-corrected chi connectivity index (χ1v) is 25.1. The monoisotopic (exact) mass is 906 g/mol. The van der Waals surface area contributed by atoms with E-state index in [9.17, 15) is 32.7 Å². The highest BCUT2D eigenvalue weighted by Gasteiger charge is 2.52. The standard InChI is InChI=1S/C48H70N6O9S/c1-7-30(2)39(43(56)52-64(60,61)48(6)22-23-48)50-42(55)38-27-34(29-54(38)45(57)41(47(3,4)5)51-46(58)59)63-44-36(16-10-8-9-14-31-18-19-31)40(35-15-11-12-17-37(35)49-44)62-25-13-24-53-28-32-20-21-33(53)26-32/h7,11-12,15,17,30-34,38-39,41,51H,1,8-10,13-14,16,18-29H2,2-6H3,(H,50,55)(H,52,56)(H,58,59)/t30-,32?,33?,34?,38-,39?,41+/m0/s1. The van der Waals surface area contributed by atoms with Gasteiger partial charge in [0.25, 0.3) is 5.91 Å². The number of aromatic nitrogens is 1. The fourth-order valence-electron chi connectivity index (χ4n) is 9.80. The number of pyridine rings is 1. The molecular weight excluding hydrogens is 837 g/mol. The average Bonchev–Trinajstić information content (AvgIpc) is 4.08. The van der Waals surface area contributed by atoms with Crippen LogP contribution in [-0.2, 0) is 30.8 Å². The number of nitrogens with zero attached hydrogens (tertiary/aromatic N) is 3. The molecule has 2 aromatic rings. The van der Waals surface area contributed by atoms with E-state index in [1.807, 2.05) is 24.3 Å². The second-order valence-electron chi connectivity index (χ2n) is 20.5. The van der Waals surface area contributed by atoms with Gasteiger partial charge in [-0.15, -0.1) is 6.58 Å². The minimum atomic E-state index is -4.04. The Morgan fingerprint density at radius 3 is 2.41 bits per heavy atom. The summed E-state index contributed by atoms with van der Waals surface area (Å²) in [6.07, 6.45) is 12.4. The third-order valence-electron chi connectivity index (χ3n) is 14.3. The molecule has 0 spiro atoms. The zero-order chi connectivity index (χ0) is 46.0. The lowest BCUT2D eigenvalue weighted by Gasteiger charge is -2.35. The lowest BCUT2D eigenvalue weighted by Crippen LogP contribution is -2.60. The zero-order valence-electron chi connectivity index (χ0n) is 38.4. The fourth-order valence-corrected chi connectivity index (χ4v) is 11.1. The first-order chi connectivity index (χ1) is 30.4. The van der Waals surface area contributed by atoms with Gasteiger partial charge in [-0.1, -0.05) is 78.0 Å². The summed E-state index contributed by atoms with van der Waals surface area (Å²) in [7, 11) is -4.04. The highest BCUT2D eigenvalue weighted by atomic mass is 32.2. The predicted octanol–water partition coefficient (Wildman–Crippen LogP) is 6.34. The van der Waals surface area contributed by atoms with Gasteiger partial charge in [-0.2, -0.15) is 0 Å². The van der Waals surface area contributed by atoms with Crippen LogP contribution in [-0.4, -0.2) is 113 Å². The van der Waals surface area contributed by atoms with Gasteiger partial charge in [-0.05, 0) is 87.7 Å². The molecule has 1 aromatic heterocycles. The molecule has 1 aromatic carbocycles. The van der Waals surface area contributed by atoms with Crippen LogP contribution < -0.4 is 24.8 Å². The number of sulfonamides is 1. The first kappa shape index (κ1) is 47.5. The van der Waals surface area contributed by atoms with E-state index < -0.39 is 74.1 Å². The number of likely N-dealkylation sites (tertiary alicyclic amines) is 2. The van der Waals surface area contributed by atoms with Gasteiger partial charge in [-0.25, -0.2) is 18.2 Å². The van der Waals surface area contributed by atoms with E-state index in [1.165, 1.54) is 49.5 Å². The summed E-state index contributed by atoms with van der Waals surface area (Å²) < 4.78 is 40.9. The van der Waals surface area contributed by atoms with Crippen molar-refractivity contribution < 1.29 is 42.2 Å². The van der Waals surface area contributed by atoms with E-state index in [4.69, 9.17) is 14.5 Å². The maximum Gasteiger partial charge on any atom is 0.405 e. The van der Waals surface area contributed by atoms with Crippen molar-refractivity contribution in [2.75, 3.05) is 26.2 Å². The number of nitrogens with one attached hydrogen (secondary N) is 3. The van der Waals surface area contributed by atoms with Crippen molar-refractivity contribution in [3.63, 3.8) is 0 Å². The van der Waals surface area contributed by atoms with Crippen LogP contribution in [0, 0.1) is 23.2 Å². The van der Waals surface area contributed by atoms with Crippen LogP contribution in [0.5, 0.6) is 11.6 Å². The Kier molecular flexibility index (Phi) is 14.5. The molecule has 4 N–H and O–H groups in total. The van der Waals surface area contributed by atoms with Crippen molar-refractivity contribution >= 4 is 44.7 Å². The predicted molar refractivity (Wildman–Crippen MR) is 244 cm³/mol. The number of carbonyl (C=O) groups is 4. The van der Waals surface area contributed by atoms with Crippen molar-refractivity contribution in [1.29, 1.82) is 0 Å². The summed E-state index contributed by atoms with van der Waals surface area (Å²) in [5.41, 5.74) is 0.622. The zero-order valence-corrected chi connectivity index (χ0v) is 39.2. The molecule has 4 unspecified atom stereocenters. The quantitative estimate of drug-likeness (QED) is 0.0761. The Bertz CT molecular complexity index is 2170. The lowest BCUT2D eigenvalue weighted by atomic mass is 9.85. The van der Waals surface area contributed by atoms with E-state index in [0.29, 0.717) is 43.3 Å². The molecule has 352 valence electrons. The third kappa shape index (κ3) is 11.1. The Balaban J connectivity index is 1.16. The molecule has 3 heterocycles. The van der Waals surface area contributed by atoms with E-state index in [2.05, 4.69) is 26.8 Å². The summed E-state index contributed by atoms with van der Waals surface area (Å²) in [5, 5.41) is 15.8. The molecular formula is C48H70N6O9S. The maximum absolute atomic E-state index is 14.5. The van der Waals surface area contributed by atoms with Gasteiger partial charge in [0, 0.05) is 36.9 Å². The van der Waals surface area contributed by atoms with Gasteiger partial charge in [0.15, 0.2) is 0 Å². The molecule has 7 atom stereocenters. The Labute approximate surface area is 378 Å². The Morgan fingerprint density at radius 1 is 1.02 bits per heavy atom. The molecule has 4 amide bonds. The molecule has 2 aliphatic heterocycles. The molecule has 15 nitrogen and oxygen atoms in total. The fraction of sp³-hybridized carbons (Fsp3) is 0.688. The van der Waals surface area contributed by atoms with Crippen molar-refractivity contribution in [2.24, 2.45) is 23.2 Å². The van der Waals surface area contributed by atoms with Crippen LogP contribution in [0.2, 0.25) is 0 Å². The number of carbonyl (C=O) groups excluding carboxylic acids is 3. The molecule has 3 aliphatic carbocycles. The van der Waals surface area contributed by atoms with Crippen LogP contribution in [0.4, 0.5) is 4.79 Å². The van der Waals surface area contributed by atoms with Crippen molar-refractivity contribution in [1.82, 2.24) is 30.1 Å². The van der Waals surface area contributed by atoms with E-state index in [-0.39, 0.29) is 13.0 Å². The number of ether oxygens (including phenoxy) is 2. The molecule has 2 saturated heterocycles. The van der Waals surface area contributed by atoms with Crippen LogP contribution >= 0.6 is 0 Å². The number of para-hydroxylation sites is 1. The van der Waals surface area contributed by atoms with Crippen LogP contribution in [0.25, 0.3) is 10.9 Å². The number of amides is 4. The van der Waals surface area contributed by atoms with Crippen molar-refractivity contribution in [3.05, 3.63) is 42.5 Å². The Hall–Kier alpha value is -4.44. The van der Waals surface area contributed by atoms with Crippen LogP contribution in [0.1, 0.15) is 124 Å². The third-order valence-corrected chi connectivity index (χ3v) is 16.5. The molecule has 16 heteroatoms. The highest BCUT2D eigenvalue weighted by Crippen LogP contribution is 2.43. The molecule has 0 radical (unpaired) electrons. The number of unbranched alkanes of at least 4 members (excludes halogenated alkanes) is 2. The first-order valence-electron chi connectivity index (χ1n) is 23.6. The van der Waals surface area contributed by atoms with E-state index in [0.717, 1.165) is 67.3 Å². The van der Waals surface area contributed by atoms with Gasteiger partial charge in [0.1, 0.15) is 30.0 Å². The minimum absolute atomic E-state index is 0.0157. The summed E-state index contributed by atoms with van der Waals surface area (Å²) in [6.45, 7) is 14.7. The van der Waals surface area contributed by atoms with Crippen molar-refractivity contribution in [2.45, 2.75) is 160 Å². The normalized spacial score (nSPS) is 24.2. The van der Waals surface area contributed by atoms with Crippen LogP contribution in [0.15, 0.2) is 36.9 Å². The molecule has 64 heavy (non-hydrogen) atoms. The second-order valence-corrected chi connectivity index (χ2v) is 22.7. The number of hydrogen-bond donors (Lipinski definition) is 4. The molecule has 5 aliphatic rings. The highest BCUT2D eigenvalue weighted by molar-refractivity contribution is 7.91. The number of benzene rings is 1. The lowest BCUT2D eigenvalue weighted by molar-refractivity contribution is -0.142. The largest absolute Gasteiger partial charge is 0.492 e. The SMILES string of the molecule is C=C[C@H](C)C(NC(=O)[C@@H]1CC(Oc2nc3ccccc3c(OCCCN3CC4CCC3C4)c2CCCCCC2CC2)CN1C(=O)[C@@H](NC(=O)O)C(C)(C)C)C(=O)NS(=O)(=O)C1(C)CC1. The maximum atomic E-state index is 14.5. The van der Waals surface area contributed by atoms with Gasteiger partial charge < -0.3 is 30.1 Å².